The third-order valence-electron chi connectivity index (χ3n) is 3.50. The Hall–Kier alpha value is -2.54. The molecule has 134 valence electrons. The highest BCUT2D eigenvalue weighted by atomic mass is 32.1. The van der Waals surface area contributed by atoms with Gasteiger partial charge in [-0.3, -0.25) is 0 Å². The van der Waals surface area contributed by atoms with Crippen molar-refractivity contribution in [3.05, 3.63) is 40.1 Å². The van der Waals surface area contributed by atoms with E-state index in [4.69, 9.17) is 9.84 Å². The topological polar surface area (TPSA) is 88.2 Å². The number of ether oxygens (including phenoxy) is 2. The fourth-order valence-electron chi connectivity index (χ4n) is 2.15. The Labute approximate surface area is 150 Å². The van der Waals surface area contributed by atoms with Crippen LogP contribution in [0, 0.1) is 0 Å². The van der Waals surface area contributed by atoms with E-state index in [1.807, 2.05) is 24.3 Å². The molecule has 0 unspecified atom stereocenters. The van der Waals surface area contributed by atoms with E-state index in [-0.39, 0.29) is 10.4 Å². The molecule has 3 rings (SSSR count). The first-order valence-electron chi connectivity index (χ1n) is 8.02. The molecule has 0 bridgehead atoms. The second kappa shape index (κ2) is 9.08. The van der Waals surface area contributed by atoms with Crippen LogP contribution < -0.4 is 10.1 Å². The second-order valence-electron chi connectivity index (χ2n) is 5.33. The summed E-state index contributed by atoms with van der Waals surface area (Å²) in [6.45, 7) is 2.80. The van der Waals surface area contributed by atoms with Gasteiger partial charge in [-0.15, -0.1) is 11.3 Å². The molecule has 2 heterocycles. The number of carboxylic acids is 1. The molecule has 6 nitrogen and oxygen atoms in total. The molecule has 0 saturated carbocycles. The van der Waals surface area contributed by atoms with Crippen LogP contribution in [0.1, 0.15) is 46.2 Å². The van der Waals surface area contributed by atoms with Crippen molar-refractivity contribution in [1.29, 1.82) is 0 Å². The number of rotatable bonds is 7. The quantitative estimate of drug-likeness (QED) is 0.361. The van der Waals surface area contributed by atoms with Gasteiger partial charge in [0, 0.05) is 11.9 Å². The molecule has 2 aromatic rings. The number of hydrogen-bond donors (Lipinski definition) is 2. The number of para-hydroxylation sites is 2. The predicted molar refractivity (Wildman–Crippen MR) is 97.1 cm³/mol. The number of carboxylic acid groups (broad SMARTS) is 1. The molecule has 25 heavy (non-hydrogen) atoms. The third-order valence-corrected chi connectivity index (χ3v) is 4.46. The minimum atomic E-state index is -1.12. The maximum atomic E-state index is 11.4. The number of thiophene rings is 1. The van der Waals surface area contributed by atoms with E-state index in [9.17, 15) is 9.59 Å². The molecule has 0 saturated heterocycles. The van der Waals surface area contributed by atoms with E-state index >= 15 is 0 Å². The molecule has 1 aliphatic rings. The molecule has 0 spiro atoms. The summed E-state index contributed by atoms with van der Waals surface area (Å²) in [6.07, 6.45) is 3.16. The molecular formula is C18H21NO5S. The van der Waals surface area contributed by atoms with Crippen LogP contribution >= 0.6 is 11.3 Å². The smallest absolute Gasteiger partial charge is 0.349 e. The van der Waals surface area contributed by atoms with Crippen LogP contribution in [0.15, 0.2) is 29.6 Å². The minimum absolute atomic E-state index is 0.00310. The van der Waals surface area contributed by atoms with Crippen LogP contribution in [0.5, 0.6) is 11.5 Å². The van der Waals surface area contributed by atoms with Gasteiger partial charge in [-0.25, -0.2) is 9.59 Å². The van der Waals surface area contributed by atoms with Crippen molar-refractivity contribution in [2.45, 2.75) is 26.2 Å². The zero-order valence-electron chi connectivity index (χ0n) is 14.2. The molecule has 0 fully saturated rings. The Morgan fingerprint density at radius 3 is 2.44 bits per heavy atom. The molecule has 1 aromatic carbocycles. The lowest BCUT2D eigenvalue weighted by molar-refractivity contribution is 0.0589. The zero-order chi connectivity index (χ0) is 18.2. The van der Waals surface area contributed by atoms with Gasteiger partial charge in [0.2, 0.25) is 0 Å². The van der Waals surface area contributed by atoms with Crippen LogP contribution in [0.25, 0.3) is 0 Å². The van der Waals surface area contributed by atoms with E-state index in [1.165, 1.54) is 7.11 Å². The number of anilines is 1. The summed E-state index contributed by atoms with van der Waals surface area (Å²) in [4.78, 5) is 22.7. The number of hydrogen-bond acceptors (Lipinski definition) is 6. The number of unbranched alkanes of at least 4 members (excludes halogenated alkanes) is 2. The first-order valence-corrected chi connectivity index (χ1v) is 8.90. The number of fused-ring (bicyclic) bond motifs is 1. The standard InChI is InChI=1S/C12H17NO4S.C6H4O/c1-3-4-5-6-13-8-7-18-10(12(16)17-2)9(8)11(14)15;1-2-4-6-5(3-1)7-6/h7,13H,3-6H2,1-2H3,(H,14,15);1-4H. The van der Waals surface area contributed by atoms with E-state index in [0.717, 1.165) is 42.1 Å². The summed E-state index contributed by atoms with van der Waals surface area (Å²) in [7, 11) is 1.24. The van der Waals surface area contributed by atoms with Crippen molar-refractivity contribution < 1.29 is 24.2 Å². The van der Waals surface area contributed by atoms with Crippen molar-refractivity contribution in [2.24, 2.45) is 0 Å². The van der Waals surface area contributed by atoms with Crippen molar-refractivity contribution in [2.75, 3.05) is 19.0 Å². The lowest BCUT2D eigenvalue weighted by atomic mass is 10.2. The van der Waals surface area contributed by atoms with Crippen LogP contribution in [0.3, 0.4) is 0 Å². The number of esters is 1. The molecule has 0 atom stereocenters. The van der Waals surface area contributed by atoms with Crippen LogP contribution in [0.4, 0.5) is 5.69 Å². The molecule has 0 radical (unpaired) electrons. The van der Waals surface area contributed by atoms with Crippen LogP contribution in [-0.2, 0) is 4.74 Å². The molecule has 0 amide bonds. The molecule has 1 aliphatic heterocycles. The van der Waals surface area contributed by atoms with Gasteiger partial charge in [0.1, 0.15) is 10.4 Å². The summed E-state index contributed by atoms with van der Waals surface area (Å²) >= 11 is 1.08. The Bertz CT molecular complexity index is 720. The highest BCUT2D eigenvalue weighted by Gasteiger charge is 2.23. The van der Waals surface area contributed by atoms with Crippen molar-refractivity contribution in [3.63, 3.8) is 0 Å². The first-order chi connectivity index (χ1) is 12.1. The number of nitrogens with one attached hydrogen (secondary N) is 1. The average Bonchev–Trinajstić information content (AvgIpc) is 3.29. The fraction of sp³-hybridized carbons (Fsp3) is 0.333. The zero-order valence-corrected chi connectivity index (χ0v) is 15.0. The van der Waals surface area contributed by atoms with Crippen molar-refractivity contribution in [3.8, 4) is 11.5 Å². The summed E-state index contributed by atoms with van der Waals surface area (Å²) in [5, 5.41) is 13.8. The Kier molecular flexibility index (Phi) is 6.82. The van der Waals surface area contributed by atoms with E-state index in [1.54, 1.807) is 5.38 Å². The van der Waals surface area contributed by atoms with Gasteiger partial charge in [-0.1, -0.05) is 31.9 Å². The normalized spacial score (nSPS) is 10.6. The van der Waals surface area contributed by atoms with Gasteiger partial charge in [-0.05, 0) is 18.6 Å². The Morgan fingerprint density at radius 2 is 1.92 bits per heavy atom. The number of benzene rings is 1. The van der Waals surface area contributed by atoms with Gasteiger partial charge in [0.15, 0.2) is 11.5 Å². The maximum absolute atomic E-state index is 11.4. The first kappa shape index (κ1) is 18.8. The summed E-state index contributed by atoms with van der Waals surface area (Å²) < 4.78 is 9.50. The Morgan fingerprint density at radius 1 is 1.24 bits per heavy atom. The maximum Gasteiger partial charge on any atom is 0.349 e. The third kappa shape index (κ3) is 5.22. The summed E-state index contributed by atoms with van der Waals surface area (Å²) in [5.41, 5.74) is 0.493. The van der Waals surface area contributed by atoms with Gasteiger partial charge in [-0.2, -0.15) is 0 Å². The molecule has 1 aromatic heterocycles. The average molecular weight is 363 g/mol. The van der Waals surface area contributed by atoms with Gasteiger partial charge in [0.05, 0.1) is 12.8 Å². The van der Waals surface area contributed by atoms with E-state index < -0.39 is 11.9 Å². The Balaban J connectivity index is 0.000000261. The lowest BCUT2D eigenvalue weighted by Crippen LogP contribution is -2.10. The minimum Gasteiger partial charge on any atom is -0.478 e. The highest BCUT2D eigenvalue weighted by molar-refractivity contribution is 7.13. The monoisotopic (exact) mass is 363 g/mol. The van der Waals surface area contributed by atoms with Gasteiger partial charge in [0.25, 0.3) is 0 Å². The fourth-order valence-corrected chi connectivity index (χ4v) is 3.08. The molecule has 2 N–H and O–H groups in total. The number of carbonyl (C=O) groups is 2. The summed E-state index contributed by atoms with van der Waals surface area (Å²) in [6, 6.07) is 7.84. The van der Waals surface area contributed by atoms with Gasteiger partial charge < -0.3 is 19.9 Å². The van der Waals surface area contributed by atoms with Crippen molar-refractivity contribution >= 4 is 29.0 Å². The van der Waals surface area contributed by atoms with E-state index in [2.05, 4.69) is 17.0 Å². The predicted octanol–water partition coefficient (Wildman–Crippen LogP) is 4.63. The lowest BCUT2D eigenvalue weighted by Gasteiger charge is -2.05. The number of aromatic carboxylic acids is 1. The number of carbonyl (C=O) groups excluding carboxylic acids is 1. The largest absolute Gasteiger partial charge is 0.478 e. The van der Waals surface area contributed by atoms with Crippen molar-refractivity contribution in [1.82, 2.24) is 0 Å². The molecule has 7 heteroatoms. The summed E-state index contributed by atoms with van der Waals surface area (Å²) in [5.74, 6) is 0.332. The highest BCUT2D eigenvalue weighted by Crippen LogP contribution is 2.43. The van der Waals surface area contributed by atoms with Gasteiger partial charge >= 0.3 is 11.9 Å². The molecule has 0 aliphatic carbocycles. The van der Waals surface area contributed by atoms with Crippen LogP contribution in [0.2, 0.25) is 0 Å². The SMILES string of the molecule is CCCCCNc1csc(C(=O)OC)c1C(=O)O.c1ccc2c(c1)O2. The number of methoxy groups -OCH3 is 1. The van der Waals surface area contributed by atoms with E-state index in [0.29, 0.717) is 12.2 Å². The molecular weight excluding hydrogens is 342 g/mol. The van der Waals surface area contributed by atoms with Crippen LogP contribution in [-0.4, -0.2) is 30.7 Å². The second-order valence-corrected chi connectivity index (χ2v) is 6.21.